The van der Waals surface area contributed by atoms with E-state index < -0.39 is 11.9 Å². The second kappa shape index (κ2) is 5.93. The van der Waals surface area contributed by atoms with Crippen LogP contribution in [0.4, 0.5) is 0 Å². The smallest absolute Gasteiger partial charge is 0.308 e. The van der Waals surface area contributed by atoms with Gasteiger partial charge in [0.2, 0.25) is 5.91 Å². The predicted molar refractivity (Wildman–Crippen MR) is 71.9 cm³/mol. The molecule has 0 spiro atoms. The van der Waals surface area contributed by atoms with E-state index in [0.29, 0.717) is 22.6 Å². The van der Waals surface area contributed by atoms with Crippen molar-refractivity contribution in [2.45, 2.75) is 19.4 Å². The lowest BCUT2D eigenvalue weighted by molar-refractivity contribution is -0.147. The molecule has 104 valence electrons. The molecule has 0 aliphatic carbocycles. The molecule has 6 heteroatoms. The Labute approximate surface area is 121 Å². The topological polar surface area (TPSA) is 81.4 Å². The van der Waals surface area contributed by atoms with Gasteiger partial charge in [-0.1, -0.05) is 17.7 Å². The normalized spacial score (nSPS) is 18.7. The molecule has 0 aromatic heterocycles. The summed E-state index contributed by atoms with van der Waals surface area (Å²) in [5.41, 5.74) is 1.16. The van der Waals surface area contributed by atoms with Gasteiger partial charge in [0, 0.05) is 24.5 Å². The molecule has 1 aliphatic rings. The summed E-state index contributed by atoms with van der Waals surface area (Å²) in [4.78, 5) is 24.4. The lowest BCUT2D eigenvalue weighted by Gasteiger charge is -2.30. The number of amides is 1. The van der Waals surface area contributed by atoms with E-state index in [2.05, 4.69) is 0 Å². The van der Waals surface area contributed by atoms with E-state index in [-0.39, 0.29) is 25.4 Å². The number of carboxylic acids is 1. The van der Waals surface area contributed by atoms with Gasteiger partial charge in [-0.3, -0.25) is 9.59 Å². The summed E-state index contributed by atoms with van der Waals surface area (Å²) in [7, 11) is 0. The van der Waals surface area contributed by atoms with Gasteiger partial charge < -0.3 is 10.0 Å². The van der Waals surface area contributed by atoms with Crippen LogP contribution in [0.5, 0.6) is 0 Å². The first-order valence-electron chi connectivity index (χ1n) is 6.20. The molecular weight excluding hydrogens is 280 g/mol. The van der Waals surface area contributed by atoms with Crippen LogP contribution in [-0.2, 0) is 16.1 Å². The zero-order chi connectivity index (χ0) is 14.7. The molecule has 1 atom stereocenters. The Bertz CT molecular complexity index is 595. The van der Waals surface area contributed by atoms with Crippen LogP contribution < -0.4 is 0 Å². The van der Waals surface area contributed by atoms with Crippen molar-refractivity contribution >= 4 is 23.5 Å². The highest BCUT2D eigenvalue weighted by Crippen LogP contribution is 2.24. The molecule has 1 amide bonds. The van der Waals surface area contributed by atoms with E-state index in [4.69, 9.17) is 22.0 Å². The average molecular weight is 293 g/mol. The summed E-state index contributed by atoms with van der Waals surface area (Å²) >= 11 is 6.07. The van der Waals surface area contributed by atoms with Gasteiger partial charge >= 0.3 is 5.97 Å². The van der Waals surface area contributed by atoms with Gasteiger partial charge in [-0.05, 0) is 24.1 Å². The standard InChI is InChI=1S/C14H13ClN2O3/c15-12-5-9(6-16)1-2-10(12)7-17-8-11(14(19)20)3-4-13(17)18/h1-2,5,11H,3-4,7-8H2,(H,19,20). The number of carbonyl (C=O) groups is 2. The first-order chi connectivity index (χ1) is 9.51. The maximum Gasteiger partial charge on any atom is 0.308 e. The lowest BCUT2D eigenvalue weighted by Crippen LogP contribution is -2.42. The minimum absolute atomic E-state index is 0.0667. The first kappa shape index (κ1) is 14.4. The van der Waals surface area contributed by atoms with Crippen LogP contribution in [0.3, 0.4) is 0 Å². The lowest BCUT2D eigenvalue weighted by atomic mass is 9.97. The summed E-state index contributed by atoms with van der Waals surface area (Å²) < 4.78 is 0. The van der Waals surface area contributed by atoms with E-state index in [1.54, 1.807) is 18.2 Å². The third kappa shape index (κ3) is 3.09. The number of benzene rings is 1. The molecule has 1 aromatic rings. The molecule has 1 N–H and O–H groups in total. The summed E-state index contributed by atoms with van der Waals surface area (Å²) in [6.45, 7) is 0.470. The van der Waals surface area contributed by atoms with Gasteiger partial charge in [-0.15, -0.1) is 0 Å². The van der Waals surface area contributed by atoms with Crippen molar-refractivity contribution in [2.24, 2.45) is 5.92 Å². The number of likely N-dealkylation sites (tertiary alicyclic amines) is 1. The second-order valence-corrected chi connectivity index (χ2v) is 5.17. The molecule has 1 unspecified atom stereocenters. The van der Waals surface area contributed by atoms with Gasteiger partial charge in [0.15, 0.2) is 0 Å². The predicted octanol–water partition coefficient (Wildman–Crippen LogP) is 2.03. The van der Waals surface area contributed by atoms with Crippen LogP contribution in [0.1, 0.15) is 24.0 Å². The number of carboxylic acid groups (broad SMARTS) is 1. The van der Waals surface area contributed by atoms with Gasteiger partial charge in [0.05, 0.1) is 17.6 Å². The molecular formula is C14H13ClN2O3. The minimum atomic E-state index is -0.881. The molecule has 2 rings (SSSR count). The Balaban J connectivity index is 2.14. The fourth-order valence-electron chi connectivity index (χ4n) is 2.22. The summed E-state index contributed by atoms with van der Waals surface area (Å²) in [5.74, 6) is -1.47. The third-order valence-electron chi connectivity index (χ3n) is 3.39. The Kier molecular flexibility index (Phi) is 4.26. The molecule has 0 radical (unpaired) electrons. The first-order valence-corrected chi connectivity index (χ1v) is 6.58. The molecule has 1 saturated heterocycles. The number of nitriles is 1. The molecule has 5 nitrogen and oxygen atoms in total. The summed E-state index contributed by atoms with van der Waals surface area (Å²) in [6.07, 6.45) is 0.622. The maximum absolute atomic E-state index is 11.8. The van der Waals surface area contributed by atoms with Crippen LogP contribution in [0.2, 0.25) is 5.02 Å². The second-order valence-electron chi connectivity index (χ2n) is 4.77. The summed E-state index contributed by atoms with van der Waals surface area (Å²) in [5, 5.41) is 18.2. The van der Waals surface area contributed by atoms with Crippen molar-refractivity contribution in [1.29, 1.82) is 5.26 Å². The molecule has 20 heavy (non-hydrogen) atoms. The molecule has 1 heterocycles. The molecule has 0 bridgehead atoms. The number of rotatable bonds is 3. The van der Waals surface area contributed by atoms with Crippen LogP contribution >= 0.6 is 11.6 Å². The van der Waals surface area contributed by atoms with E-state index >= 15 is 0 Å². The largest absolute Gasteiger partial charge is 0.481 e. The molecule has 1 fully saturated rings. The van der Waals surface area contributed by atoms with Crippen LogP contribution in [0, 0.1) is 17.2 Å². The van der Waals surface area contributed by atoms with E-state index in [0.717, 1.165) is 0 Å². The molecule has 0 saturated carbocycles. The zero-order valence-corrected chi connectivity index (χ0v) is 11.4. The number of halogens is 1. The van der Waals surface area contributed by atoms with Crippen molar-refractivity contribution in [1.82, 2.24) is 4.90 Å². The Morgan fingerprint density at radius 3 is 2.90 bits per heavy atom. The number of nitrogens with zero attached hydrogens (tertiary/aromatic N) is 2. The maximum atomic E-state index is 11.8. The van der Waals surface area contributed by atoms with Crippen LogP contribution in [0.25, 0.3) is 0 Å². The zero-order valence-electron chi connectivity index (χ0n) is 10.7. The van der Waals surface area contributed by atoms with Crippen molar-refractivity contribution in [3.05, 3.63) is 34.3 Å². The van der Waals surface area contributed by atoms with Crippen molar-refractivity contribution < 1.29 is 14.7 Å². The summed E-state index contributed by atoms with van der Waals surface area (Å²) in [6, 6.07) is 6.85. The van der Waals surface area contributed by atoms with Crippen molar-refractivity contribution in [3.63, 3.8) is 0 Å². The monoisotopic (exact) mass is 292 g/mol. The van der Waals surface area contributed by atoms with Crippen molar-refractivity contribution in [3.8, 4) is 6.07 Å². The van der Waals surface area contributed by atoms with Gasteiger partial charge in [0.25, 0.3) is 0 Å². The van der Waals surface area contributed by atoms with E-state index in [1.165, 1.54) is 4.90 Å². The highest BCUT2D eigenvalue weighted by Gasteiger charge is 2.30. The van der Waals surface area contributed by atoms with Crippen molar-refractivity contribution in [2.75, 3.05) is 6.54 Å². The molecule has 1 aliphatic heterocycles. The fraction of sp³-hybridized carbons (Fsp3) is 0.357. The van der Waals surface area contributed by atoms with Gasteiger partial charge in [-0.2, -0.15) is 5.26 Å². The quantitative estimate of drug-likeness (QED) is 0.924. The average Bonchev–Trinajstić information content (AvgIpc) is 2.42. The van der Waals surface area contributed by atoms with Crippen LogP contribution in [-0.4, -0.2) is 28.4 Å². The van der Waals surface area contributed by atoms with Crippen LogP contribution in [0.15, 0.2) is 18.2 Å². The SMILES string of the molecule is N#Cc1ccc(CN2CC(C(=O)O)CCC2=O)c(Cl)c1. The number of hydrogen-bond donors (Lipinski definition) is 1. The Hall–Kier alpha value is -2.06. The fourth-order valence-corrected chi connectivity index (χ4v) is 2.46. The van der Waals surface area contributed by atoms with E-state index in [1.807, 2.05) is 6.07 Å². The number of piperidine rings is 1. The van der Waals surface area contributed by atoms with Gasteiger partial charge in [0.1, 0.15) is 0 Å². The Morgan fingerprint density at radius 1 is 1.55 bits per heavy atom. The molecule has 1 aromatic carbocycles. The number of carbonyl (C=O) groups excluding carboxylic acids is 1. The minimum Gasteiger partial charge on any atom is -0.481 e. The highest BCUT2D eigenvalue weighted by atomic mass is 35.5. The number of aliphatic carboxylic acids is 1. The van der Waals surface area contributed by atoms with Gasteiger partial charge in [-0.25, -0.2) is 0 Å². The number of hydrogen-bond acceptors (Lipinski definition) is 3. The highest BCUT2D eigenvalue weighted by molar-refractivity contribution is 6.31. The van der Waals surface area contributed by atoms with E-state index in [9.17, 15) is 9.59 Å². The third-order valence-corrected chi connectivity index (χ3v) is 3.74. The Morgan fingerprint density at radius 2 is 2.30 bits per heavy atom.